The highest BCUT2D eigenvalue weighted by Gasteiger charge is 2.23. The number of rotatable bonds is 6. The molecule has 1 fully saturated rings. The van der Waals surface area contributed by atoms with Gasteiger partial charge in [0.2, 0.25) is 10.9 Å². The number of carbonyl (C=O) groups is 1. The maximum Gasteiger partial charge on any atom is 0.374 e. The van der Waals surface area contributed by atoms with Crippen molar-refractivity contribution in [2.75, 3.05) is 26.2 Å². The lowest BCUT2D eigenvalue weighted by atomic mass is 10.0. The fourth-order valence-corrected chi connectivity index (χ4v) is 3.22. The Labute approximate surface area is 136 Å². The van der Waals surface area contributed by atoms with Gasteiger partial charge in [-0.25, -0.2) is 17.9 Å². The lowest BCUT2D eigenvalue weighted by molar-refractivity contribution is 0.0484. The number of furan rings is 1. The van der Waals surface area contributed by atoms with Gasteiger partial charge in [0.1, 0.15) is 0 Å². The normalized spacial score (nSPS) is 18.5. The number of ether oxygens (including phenoxy) is 1. The molecule has 2 rings (SSSR count). The summed E-state index contributed by atoms with van der Waals surface area (Å²) in [5.41, 5.74) is 0. The Morgan fingerprint density at radius 3 is 2.91 bits per heavy atom. The van der Waals surface area contributed by atoms with E-state index in [2.05, 4.69) is 10.0 Å². The van der Waals surface area contributed by atoms with E-state index in [0.29, 0.717) is 6.54 Å². The van der Waals surface area contributed by atoms with E-state index in [0.717, 1.165) is 25.9 Å². The molecule has 1 unspecified atom stereocenters. The van der Waals surface area contributed by atoms with Gasteiger partial charge in [0, 0.05) is 6.54 Å². The molecule has 1 aliphatic heterocycles. The molecule has 0 bridgehead atoms. The zero-order valence-corrected chi connectivity index (χ0v) is 14.0. The van der Waals surface area contributed by atoms with Gasteiger partial charge in [-0.3, -0.25) is 0 Å². The molecule has 1 atom stereocenters. The molecule has 0 amide bonds. The molecule has 1 aromatic rings. The average molecular weight is 353 g/mol. The largest absolute Gasteiger partial charge is 0.460 e. The van der Waals surface area contributed by atoms with Crippen molar-refractivity contribution in [3.8, 4) is 0 Å². The summed E-state index contributed by atoms with van der Waals surface area (Å²) >= 11 is 0. The number of esters is 1. The van der Waals surface area contributed by atoms with Crippen LogP contribution in [0.4, 0.5) is 0 Å². The molecular formula is C13H21ClN2O5S. The third-order valence-corrected chi connectivity index (χ3v) is 4.58. The van der Waals surface area contributed by atoms with Crippen LogP contribution in [0.15, 0.2) is 21.6 Å². The number of hydrogen-bond donors (Lipinski definition) is 2. The smallest absolute Gasteiger partial charge is 0.374 e. The predicted molar refractivity (Wildman–Crippen MR) is 82.7 cm³/mol. The molecule has 1 aromatic heterocycles. The molecule has 2 N–H and O–H groups in total. The van der Waals surface area contributed by atoms with Gasteiger partial charge in [-0.15, -0.1) is 12.4 Å². The first-order valence-corrected chi connectivity index (χ1v) is 8.48. The summed E-state index contributed by atoms with van der Waals surface area (Å²) in [4.78, 5) is 11.5. The van der Waals surface area contributed by atoms with Crippen LogP contribution in [-0.4, -0.2) is 40.6 Å². The molecule has 0 spiro atoms. The molecule has 7 nitrogen and oxygen atoms in total. The van der Waals surface area contributed by atoms with Crippen molar-refractivity contribution in [1.82, 2.24) is 10.0 Å². The SMILES string of the molecule is CCOC(=O)c1ccc(S(=O)(=O)NCC2CCCNC2)o1.Cl. The van der Waals surface area contributed by atoms with E-state index in [1.807, 2.05) is 0 Å². The highest BCUT2D eigenvalue weighted by molar-refractivity contribution is 7.89. The van der Waals surface area contributed by atoms with Gasteiger partial charge in [-0.1, -0.05) is 0 Å². The summed E-state index contributed by atoms with van der Waals surface area (Å²) < 4.78 is 36.5. The monoisotopic (exact) mass is 352 g/mol. The molecule has 2 heterocycles. The van der Waals surface area contributed by atoms with Gasteiger partial charge in [-0.2, -0.15) is 0 Å². The zero-order valence-electron chi connectivity index (χ0n) is 12.3. The molecular weight excluding hydrogens is 332 g/mol. The van der Waals surface area contributed by atoms with Crippen molar-refractivity contribution in [2.24, 2.45) is 5.92 Å². The van der Waals surface area contributed by atoms with Crippen LogP contribution >= 0.6 is 12.4 Å². The van der Waals surface area contributed by atoms with Crippen molar-refractivity contribution in [1.29, 1.82) is 0 Å². The number of halogens is 1. The van der Waals surface area contributed by atoms with E-state index in [4.69, 9.17) is 9.15 Å². The topological polar surface area (TPSA) is 97.6 Å². The minimum atomic E-state index is -3.74. The lowest BCUT2D eigenvalue weighted by Crippen LogP contribution is -2.38. The summed E-state index contributed by atoms with van der Waals surface area (Å²) in [6.07, 6.45) is 2.03. The van der Waals surface area contributed by atoms with Gasteiger partial charge >= 0.3 is 5.97 Å². The predicted octanol–water partition coefficient (Wildman–Crippen LogP) is 1.16. The minimum Gasteiger partial charge on any atom is -0.460 e. The standard InChI is InChI=1S/C13H20N2O5S.ClH/c1-2-19-13(16)11-5-6-12(20-11)21(17,18)15-9-10-4-3-7-14-8-10;/h5-6,10,14-15H,2-4,7-9H2,1H3;1H. The maximum atomic E-state index is 12.1. The Kier molecular flexibility index (Phi) is 7.34. The second-order valence-corrected chi connectivity index (χ2v) is 6.60. The van der Waals surface area contributed by atoms with Crippen LogP contribution in [0.1, 0.15) is 30.3 Å². The van der Waals surface area contributed by atoms with Gasteiger partial charge in [0.05, 0.1) is 6.61 Å². The van der Waals surface area contributed by atoms with Crippen LogP contribution in [0.5, 0.6) is 0 Å². The van der Waals surface area contributed by atoms with Crippen LogP contribution < -0.4 is 10.0 Å². The molecule has 0 radical (unpaired) electrons. The van der Waals surface area contributed by atoms with E-state index in [1.165, 1.54) is 12.1 Å². The van der Waals surface area contributed by atoms with E-state index in [1.54, 1.807) is 6.92 Å². The van der Waals surface area contributed by atoms with E-state index in [-0.39, 0.29) is 35.8 Å². The van der Waals surface area contributed by atoms with Gasteiger partial charge < -0.3 is 14.5 Å². The molecule has 0 aromatic carbocycles. The molecule has 126 valence electrons. The highest BCUT2D eigenvalue weighted by Crippen LogP contribution is 2.16. The number of carbonyl (C=O) groups excluding carboxylic acids is 1. The van der Waals surface area contributed by atoms with Gasteiger partial charge in [-0.05, 0) is 50.9 Å². The zero-order chi connectivity index (χ0) is 15.3. The van der Waals surface area contributed by atoms with Crippen LogP contribution in [-0.2, 0) is 14.8 Å². The summed E-state index contributed by atoms with van der Waals surface area (Å²) in [6.45, 7) is 4.00. The maximum absolute atomic E-state index is 12.1. The summed E-state index contributed by atoms with van der Waals surface area (Å²) in [6, 6.07) is 2.56. The Morgan fingerprint density at radius 1 is 1.50 bits per heavy atom. The van der Waals surface area contributed by atoms with Crippen LogP contribution in [0.3, 0.4) is 0 Å². The molecule has 0 aliphatic carbocycles. The molecule has 1 aliphatic rings. The lowest BCUT2D eigenvalue weighted by Gasteiger charge is -2.22. The Morgan fingerprint density at radius 2 is 2.27 bits per heavy atom. The Bertz CT molecular complexity index is 581. The Hall–Kier alpha value is -1.09. The van der Waals surface area contributed by atoms with E-state index < -0.39 is 16.0 Å². The third kappa shape index (κ3) is 4.98. The number of nitrogens with one attached hydrogen (secondary N) is 2. The first kappa shape index (κ1) is 19.0. The van der Waals surface area contributed by atoms with Crippen molar-refractivity contribution < 1.29 is 22.4 Å². The van der Waals surface area contributed by atoms with E-state index >= 15 is 0 Å². The van der Waals surface area contributed by atoms with Crippen molar-refractivity contribution in [3.05, 3.63) is 17.9 Å². The highest BCUT2D eigenvalue weighted by atomic mass is 35.5. The third-order valence-electron chi connectivity index (χ3n) is 3.28. The van der Waals surface area contributed by atoms with Gasteiger partial charge in [0.25, 0.3) is 10.0 Å². The summed E-state index contributed by atoms with van der Waals surface area (Å²) in [7, 11) is -3.74. The van der Waals surface area contributed by atoms with Crippen molar-refractivity contribution in [3.63, 3.8) is 0 Å². The Balaban J connectivity index is 0.00000242. The fraction of sp³-hybridized carbons (Fsp3) is 0.615. The van der Waals surface area contributed by atoms with Crippen molar-refractivity contribution in [2.45, 2.75) is 24.9 Å². The number of hydrogen-bond acceptors (Lipinski definition) is 6. The van der Waals surface area contributed by atoms with Crippen LogP contribution in [0.2, 0.25) is 0 Å². The quantitative estimate of drug-likeness (QED) is 0.745. The van der Waals surface area contributed by atoms with Crippen molar-refractivity contribution >= 4 is 28.4 Å². The average Bonchev–Trinajstić information content (AvgIpc) is 2.97. The molecule has 0 saturated carbocycles. The summed E-state index contributed by atoms with van der Waals surface area (Å²) in [5, 5.41) is 2.96. The molecule has 9 heteroatoms. The summed E-state index contributed by atoms with van der Waals surface area (Å²) in [5.74, 6) is -0.514. The second kappa shape index (κ2) is 8.52. The van der Waals surface area contributed by atoms with Crippen LogP contribution in [0, 0.1) is 5.92 Å². The van der Waals surface area contributed by atoms with E-state index in [9.17, 15) is 13.2 Å². The second-order valence-electron chi connectivity index (χ2n) is 4.90. The first-order chi connectivity index (χ1) is 10.0. The molecule has 22 heavy (non-hydrogen) atoms. The minimum absolute atomic E-state index is 0. The number of sulfonamides is 1. The van der Waals surface area contributed by atoms with Crippen LogP contribution in [0.25, 0.3) is 0 Å². The van der Waals surface area contributed by atoms with Gasteiger partial charge in [0.15, 0.2) is 0 Å². The molecule has 1 saturated heterocycles. The number of piperidine rings is 1. The first-order valence-electron chi connectivity index (χ1n) is 7.00. The fourth-order valence-electron chi connectivity index (χ4n) is 2.17.